The number of nitrogens with zero attached hydrogens (tertiary/aromatic N) is 3. The molecule has 2 rings (SSSR count). The summed E-state index contributed by atoms with van der Waals surface area (Å²) >= 11 is 0. The van der Waals surface area contributed by atoms with Gasteiger partial charge in [-0.1, -0.05) is 0 Å². The number of hydrogen-bond acceptors (Lipinski definition) is 5. The Balaban J connectivity index is 1.94. The number of aromatic amines is 1. The number of hydrogen-bond donors (Lipinski definition) is 1. The molecule has 2 heterocycles. The fourth-order valence-electron chi connectivity index (χ4n) is 0.700. The van der Waals surface area contributed by atoms with Crippen LogP contribution >= 0.6 is 0 Å². The third kappa shape index (κ3) is 1.92. The molecule has 0 radical (unpaired) electrons. The minimum Gasteiger partial charge on any atom is -0.266 e. The van der Waals surface area contributed by atoms with Gasteiger partial charge in [0.2, 0.25) is 0 Å². The molecule has 0 saturated heterocycles. The minimum absolute atomic E-state index is 0.150. The summed E-state index contributed by atoms with van der Waals surface area (Å²) in [6.07, 6.45) is 4.65. The van der Waals surface area contributed by atoms with Gasteiger partial charge >= 0.3 is 6.01 Å². The van der Waals surface area contributed by atoms with E-state index in [0.717, 1.165) is 0 Å². The summed E-state index contributed by atoms with van der Waals surface area (Å²) in [6, 6.07) is 3.45. The van der Waals surface area contributed by atoms with Crippen molar-refractivity contribution in [3.8, 4) is 11.9 Å². The van der Waals surface area contributed by atoms with E-state index < -0.39 is 0 Å². The lowest BCUT2D eigenvalue weighted by atomic mass is 10.7. The summed E-state index contributed by atoms with van der Waals surface area (Å²) in [5.41, 5.74) is 0. The lowest BCUT2D eigenvalue weighted by Gasteiger charge is -1.99. The molecule has 0 saturated carbocycles. The zero-order valence-electron chi connectivity index (χ0n) is 6.54. The van der Waals surface area contributed by atoms with E-state index in [1.54, 1.807) is 30.7 Å². The molecule has 0 atom stereocenters. The van der Waals surface area contributed by atoms with Crippen molar-refractivity contribution in [3.05, 3.63) is 30.7 Å². The van der Waals surface area contributed by atoms with Crippen LogP contribution in [0.1, 0.15) is 0 Å². The summed E-state index contributed by atoms with van der Waals surface area (Å²) in [5.74, 6) is 0.396. The molecule has 0 bridgehead atoms. The van der Waals surface area contributed by atoms with Crippen molar-refractivity contribution < 1.29 is 9.78 Å². The zero-order chi connectivity index (χ0) is 8.93. The van der Waals surface area contributed by atoms with Crippen molar-refractivity contribution in [2.45, 2.75) is 0 Å². The van der Waals surface area contributed by atoms with Gasteiger partial charge in [0.1, 0.15) is 0 Å². The van der Waals surface area contributed by atoms with Gasteiger partial charge in [0.05, 0.1) is 6.20 Å². The Morgan fingerprint density at radius 3 is 2.62 bits per heavy atom. The van der Waals surface area contributed by atoms with Crippen molar-refractivity contribution in [2.75, 3.05) is 0 Å². The van der Waals surface area contributed by atoms with E-state index in [4.69, 9.17) is 9.78 Å². The number of rotatable bonds is 3. The van der Waals surface area contributed by atoms with E-state index in [2.05, 4.69) is 20.2 Å². The van der Waals surface area contributed by atoms with Crippen LogP contribution in [0.5, 0.6) is 11.9 Å². The van der Waals surface area contributed by atoms with E-state index in [9.17, 15) is 0 Å². The van der Waals surface area contributed by atoms with Crippen LogP contribution in [0, 0.1) is 0 Å². The molecule has 0 aliphatic heterocycles. The summed E-state index contributed by atoms with van der Waals surface area (Å²) in [6.45, 7) is 0. The molecule has 0 unspecified atom stereocenters. The highest BCUT2D eigenvalue weighted by atomic mass is 17.2. The maximum absolute atomic E-state index is 4.79. The smallest absolute Gasteiger partial charge is 0.266 e. The highest BCUT2D eigenvalue weighted by Crippen LogP contribution is 2.04. The second kappa shape index (κ2) is 3.53. The Morgan fingerprint density at radius 1 is 1.08 bits per heavy atom. The van der Waals surface area contributed by atoms with Crippen LogP contribution in [0.3, 0.4) is 0 Å². The van der Waals surface area contributed by atoms with Crippen LogP contribution in [0.15, 0.2) is 30.7 Å². The normalized spacial score (nSPS) is 9.54. The van der Waals surface area contributed by atoms with Gasteiger partial charge in [0, 0.05) is 18.5 Å². The van der Waals surface area contributed by atoms with Gasteiger partial charge in [-0.05, 0) is 6.07 Å². The summed E-state index contributed by atoms with van der Waals surface area (Å²) < 4.78 is 0. The predicted molar refractivity (Wildman–Crippen MR) is 41.9 cm³/mol. The van der Waals surface area contributed by atoms with Crippen LogP contribution in [-0.4, -0.2) is 20.2 Å². The van der Waals surface area contributed by atoms with Gasteiger partial charge in [-0.3, -0.25) is 4.89 Å². The zero-order valence-corrected chi connectivity index (χ0v) is 6.54. The average molecular weight is 178 g/mol. The van der Waals surface area contributed by atoms with Crippen molar-refractivity contribution >= 4 is 0 Å². The molecule has 0 amide bonds. The second-order valence-corrected chi connectivity index (χ2v) is 2.12. The number of H-pyrrole nitrogens is 1. The lowest BCUT2D eigenvalue weighted by Crippen LogP contribution is -2.03. The Kier molecular flexibility index (Phi) is 2.04. The first kappa shape index (κ1) is 7.53. The van der Waals surface area contributed by atoms with Crippen LogP contribution in [0.25, 0.3) is 0 Å². The van der Waals surface area contributed by atoms with Crippen molar-refractivity contribution in [1.82, 2.24) is 20.2 Å². The Morgan fingerprint density at radius 2 is 1.92 bits per heavy atom. The quantitative estimate of drug-likeness (QED) is 0.549. The van der Waals surface area contributed by atoms with E-state index in [0.29, 0.717) is 5.88 Å². The topological polar surface area (TPSA) is 72.9 Å². The fourth-order valence-corrected chi connectivity index (χ4v) is 0.700. The first-order valence-corrected chi connectivity index (χ1v) is 3.56. The Bertz CT molecular complexity index is 348. The molecule has 0 aliphatic rings. The largest absolute Gasteiger partial charge is 0.366 e. The maximum atomic E-state index is 4.79. The van der Waals surface area contributed by atoms with E-state index >= 15 is 0 Å². The van der Waals surface area contributed by atoms with Crippen LogP contribution < -0.4 is 9.78 Å². The molecule has 6 nitrogen and oxygen atoms in total. The summed E-state index contributed by atoms with van der Waals surface area (Å²) in [5, 5.41) is 6.22. The molecular weight excluding hydrogens is 172 g/mol. The average Bonchev–Trinajstić information content (AvgIpc) is 2.69. The van der Waals surface area contributed by atoms with Gasteiger partial charge in [-0.2, -0.15) is 5.10 Å². The molecular formula is C7H6N4O2. The van der Waals surface area contributed by atoms with Crippen molar-refractivity contribution in [1.29, 1.82) is 0 Å². The highest BCUT2D eigenvalue weighted by Gasteiger charge is 1.98. The minimum atomic E-state index is 0.150. The Labute approximate surface area is 73.5 Å². The van der Waals surface area contributed by atoms with Crippen molar-refractivity contribution in [2.24, 2.45) is 0 Å². The second-order valence-electron chi connectivity index (χ2n) is 2.12. The highest BCUT2D eigenvalue weighted by molar-refractivity contribution is 5.03. The fraction of sp³-hybridized carbons (Fsp3) is 0. The molecule has 0 spiro atoms. The van der Waals surface area contributed by atoms with Crippen molar-refractivity contribution in [3.63, 3.8) is 0 Å². The van der Waals surface area contributed by atoms with Crippen LogP contribution in [0.2, 0.25) is 0 Å². The van der Waals surface area contributed by atoms with Gasteiger partial charge in [-0.15, -0.1) is 0 Å². The third-order valence-electron chi connectivity index (χ3n) is 1.22. The molecule has 66 valence electrons. The molecule has 0 aliphatic carbocycles. The first-order chi connectivity index (χ1) is 6.45. The first-order valence-electron chi connectivity index (χ1n) is 3.56. The third-order valence-corrected chi connectivity index (χ3v) is 1.22. The molecule has 1 N–H and O–H groups in total. The molecule has 6 heteroatoms. The summed E-state index contributed by atoms with van der Waals surface area (Å²) in [4.78, 5) is 17.1. The summed E-state index contributed by atoms with van der Waals surface area (Å²) in [7, 11) is 0. The number of aromatic nitrogens is 4. The van der Waals surface area contributed by atoms with Gasteiger partial charge < -0.3 is 0 Å². The standard InChI is InChI=1S/C7H6N4O2/c1-3-8-7(9-4-1)13-12-6-2-5-10-11-6/h1-5H,(H,10,11). The van der Waals surface area contributed by atoms with Gasteiger partial charge in [0.25, 0.3) is 5.88 Å². The van der Waals surface area contributed by atoms with E-state index in [1.165, 1.54) is 0 Å². The predicted octanol–water partition coefficient (Wildman–Crippen LogP) is 0.572. The SMILES string of the molecule is c1cnc(OOc2ccn[nH]2)nc1. The van der Waals surface area contributed by atoms with Crippen LogP contribution in [0.4, 0.5) is 0 Å². The molecule has 0 aromatic carbocycles. The number of nitrogens with one attached hydrogen (secondary N) is 1. The molecule has 2 aromatic rings. The van der Waals surface area contributed by atoms with E-state index in [-0.39, 0.29) is 6.01 Å². The van der Waals surface area contributed by atoms with E-state index in [1.807, 2.05) is 0 Å². The monoisotopic (exact) mass is 178 g/mol. The maximum Gasteiger partial charge on any atom is 0.366 e. The van der Waals surface area contributed by atoms with Gasteiger partial charge in [-0.25, -0.2) is 20.0 Å². The lowest BCUT2D eigenvalue weighted by molar-refractivity contribution is -0.113. The molecule has 13 heavy (non-hydrogen) atoms. The molecule has 2 aromatic heterocycles. The Hall–Kier alpha value is -2.11. The molecule has 0 fully saturated rings. The van der Waals surface area contributed by atoms with Gasteiger partial charge in [0.15, 0.2) is 0 Å². The van der Waals surface area contributed by atoms with Crippen LogP contribution in [-0.2, 0) is 0 Å².